The molecule has 0 unspecified atom stereocenters. The predicted molar refractivity (Wildman–Crippen MR) is 131 cm³/mol. The highest BCUT2D eigenvalue weighted by Gasteiger charge is 2.36. The van der Waals surface area contributed by atoms with Crippen molar-refractivity contribution >= 4 is 17.3 Å². The van der Waals surface area contributed by atoms with E-state index in [4.69, 9.17) is 0 Å². The first kappa shape index (κ1) is 25.4. The predicted octanol–water partition coefficient (Wildman–Crippen LogP) is 4.95. The van der Waals surface area contributed by atoms with E-state index < -0.39 is 34.6 Å². The number of carbonyl (C=O) groups is 1. The minimum Gasteiger partial charge on any atom is -0.367 e. The van der Waals surface area contributed by atoms with Crippen LogP contribution in [0.1, 0.15) is 35.3 Å². The number of aromatic nitrogens is 1. The number of aromatic amines is 1. The molecular weight excluding hydrogens is 476 g/mol. The Morgan fingerprint density at radius 2 is 1.69 bits per heavy atom. The molecule has 1 aliphatic heterocycles. The fraction of sp³-hybridized carbons (Fsp3) is 0.308. The van der Waals surface area contributed by atoms with E-state index in [-0.39, 0.29) is 23.3 Å². The van der Waals surface area contributed by atoms with Crippen molar-refractivity contribution in [3.63, 3.8) is 0 Å². The molecule has 0 aliphatic carbocycles. The second-order valence-electron chi connectivity index (χ2n) is 9.17. The number of piperazine rings is 1. The Morgan fingerprint density at radius 1 is 1.06 bits per heavy atom. The third kappa shape index (κ3) is 5.43. The molecule has 1 aromatic heterocycles. The highest BCUT2D eigenvalue weighted by atomic mass is 19.4. The van der Waals surface area contributed by atoms with Crippen molar-refractivity contribution in [2.45, 2.75) is 39.0 Å². The van der Waals surface area contributed by atoms with Crippen molar-refractivity contribution in [3.05, 3.63) is 81.5 Å². The molecule has 1 amide bonds. The van der Waals surface area contributed by atoms with Crippen molar-refractivity contribution < 1.29 is 22.4 Å². The molecule has 0 spiro atoms. The molecule has 3 aromatic rings. The number of benzene rings is 2. The van der Waals surface area contributed by atoms with Gasteiger partial charge in [0.1, 0.15) is 5.82 Å². The minimum absolute atomic E-state index is 0.0631. The van der Waals surface area contributed by atoms with Gasteiger partial charge in [-0.2, -0.15) is 13.2 Å². The number of hydrogen-bond acceptors (Lipinski definition) is 4. The molecule has 2 heterocycles. The number of nitrogens with one attached hydrogen (secondary N) is 3. The highest BCUT2D eigenvalue weighted by molar-refractivity contribution is 6.07. The average Bonchev–Trinajstić information content (AvgIpc) is 2.79. The Balaban J connectivity index is 1.81. The number of carbonyl (C=O) groups excluding carboxylic acids is 1. The maximum absolute atomic E-state index is 15.3. The summed E-state index contributed by atoms with van der Waals surface area (Å²) < 4.78 is 56.0. The van der Waals surface area contributed by atoms with Crippen LogP contribution in [0.3, 0.4) is 0 Å². The molecule has 1 fully saturated rings. The van der Waals surface area contributed by atoms with Crippen LogP contribution in [-0.2, 0) is 6.18 Å². The van der Waals surface area contributed by atoms with Crippen LogP contribution >= 0.6 is 0 Å². The van der Waals surface area contributed by atoms with Crippen molar-refractivity contribution in [2.24, 2.45) is 0 Å². The van der Waals surface area contributed by atoms with E-state index in [0.717, 1.165) is 11.8 Å². The van der Waals surface area contributed by atoms with Crippen LogP contribution in [0, 0.1) is 12.7 Å². The lowest BCUT2D eigenvalue weighted by Crippen LogP contribution is -2.54. The summed E-state index contributed by atoms with van der Waals surface area (Å²) in [6.07, 6.45) is -4.18. The van der Waals surface area contributed by atoms with Crippen LogP contribution in [0.25, 0.3) is 11.1 Å². The van der Waals surface area contributed by atoms with Gasteiger partial charge in [-0.1, -0.05) is 29.8 Å². The molecule has 1 saturated heterocycles. The van der Waals surface area contributed by atoms with Crippen LogP contribution in [0.4, 0.5) is 28.9 Å². The zero-order valence-corrected chi connectivity index (χ0v) is 20.0. The summed E-state index contributed by atoms with van der Waals surface area (Å²) in [6, 6.07) is 10.3. The maximum atomic E-state index is 15.3. The first-order chi connectivity index (χ1) is 16.9. The Morgan fingerprint density at radius 3 is 2.31 bits per heavy atom. The van der Waals surface area contributed by atoms with Crippen LogP contribution in [0.5, 0.6) is 0 Å². The average molecular weight is 503 g/mol. The van der Waals surface area contributed by atoms with Crippen LogP contribution in [0.15, 0.2) is 53.5 Å². The highest BCUT2D eigenvalue weighted by Crippen LogP contribution is 2.36. The number of H-pyrrole nitrogens is 1. The van der Waals surface area contributed by atoms with E-state index in [1.807, 2.05) is 37.8 Å². The van der Waals surface area contributed by atoms with E-state index in [1.165, 1.54) is 12.1 Å². The van der Waals surface area contributed by atoms with Crippen molar-refractivity contribution in [1.82, 2.24) is 10.3 Å². The second-order valence-corrected chi connectivity index (χ2v) is 9.17. The molecule has 10 heteroatoms. The molecule has 3 N–H and O–H groups in total. The van der Waals surface area contributed by atoms with Crippen molar-refractivity contribution in [2.75, 3.05) is 23.3 Å². The maximum Gasteiger partial charge on any atom is 0.417 e. The molecule has 0 saturated carbocycles. The van der Waals surface area contributed by atoms with Gasteiger partial charge in [0.25, 0.3) is 5.91 Å². The van der Waals surface area contributed by atoms with Gasteiger partial charge in [0.15, 0.2) is 0 Å². The van der Waals surface area contributed by atoms with Gasteiger partial charge in [0.2, 0.25) is 5.56 Å². The number of halogens is 4. The summed E-state index contributed by atoms with van der Waals surface area (Å²) in [7, 11) is 0. The number of hydrogen-bond donors (Lipinski definition) is 3. The second kappa shape index (κ2) is 9.77. The zero-order chi connectivity index (χ0) is 26.2. The van der Waals surface area contributed by atoms with E-state index >= 15 is 4.39 Å². The number of pyridine rings is 1. The number of anilines is 2. The smallest absolute Gasteiger partial charge is 0.367 e. The third-order valence-electron chi connectivity index (χ3n) is 6.07. The van der Waals surface area contributed by atoms with E-state index in [9.17, 15) is 22.8 Å². The SMILES string of the molecule is Cc1ccc(-c2cc(NC(=O)c3c[nH]c(=O)cc3C(F)(F)F)c(N3C[C@@H](C)N[C@@H](C)C3)cc2F)cc1. The normalized spacial score (nSPS) is 18.2. The van der Waals surface area contributed by atoms with E-state index in [0.29, 0.717) is 30.4 Å². The molecule has 0 radical (unpaired) electrons. The van der Waals surface area contributed by atoms with Gasteiger partial charge >= 0.3 is 6.18 Å². The Labute approximate surface area is 205 Å². The molecule has 190 valence electrons. The van der Waals surface area contributed by atoms with Crippen LogP contribution in [-0.4, -0.2) is 36.1 Å². The minimum atomic E-state index is -4.91. The van der Waals surface area contributed by atoms with Crippen LogP contribution < -0.4 is 21.1 Å². The van der Waals surface area contributed by atoms with Gasteiger partial charge in [-0.3, -0.25) is 9.59 Å². The lowest BCUT2D eigenvalue weighted by molar-refractivity contribution is -0.138. The lowest BCUT2D eigenvalue weighted by atomic mass is 10.0. The molecule has 2 aromatic carbocycles. The Hall–Kier alpha value is -3.66. The molecule has 2 atom stereocenters. The quantitative estimate of drug-likeness (QED) is 0.442. The zero-order valence-electron chi connectivity index (χ0n) is 20.0. The largest absolute Gasteiger partial charge is 0.417 e. The summed E-state index contributed by atoms with van der Waals surface area (Å²) in [5.41, 5.74) is -0.818. The van der Waals surface area contributed by atoms with Gasteiger partial charge in [-0.15, -0.1) is 0 Å². The fourth-order valence-corrected chi connectivity index (χ4v) is 4.49. The van der Waals surface area contributed by atoms with Crippen molar-refractivity contribution in [3.8, 4) is 11.1 Å². The molecule has 0 bridgehead atoms. The van der Waals surface area contributed by atoms with Gasteiger partial charge in [0.05, 0.1) is 22.5 Å². The first-order valence-corrected chi connectivity index (χ1v) is 11.4. The van der Waals surface area contributed by atoms with Gasteiger partial charge in [-0.05, 0) is 38.5 Å². The topological polar surface area (TPSA) is 77.2 Å². The third-order valence-corrected chi connectivity index (χ3v) is 6.07. The number of rotatable bonds is 4. The van der Waals surface area contributed by atoms with Gasteiger partial charge in [-0.25, -0.2) is 4.39 Å². The summed E-state index contributed by atoms with van der Waals surface area (Å²) in [4.78, 5) is 28.6. The summed E-state index contributed by atoms with van der Waals surface area (Å²) in [5, 5.41) is 5.91. The molecule has 4 rings (SSSR count). The first-order valence-electron chi connectivity index (χ1n) is 11.4. The van der Waals surface area contributed by atoms with Crippen molar-refractivity contribution in [1.29, 1.82) is 0 Å². The van der Waals surface area contributed by atoms with E-state index in [1.54, 1.807) is 12.1 Å². The number of amides is 1. The summed E-state index contributed by atoms with van der Waals surface area (Å²) in [5.74, 6) is -1.59. The summed E-state index contributed by atoms with van der Waals surface area (Å²) >= 11 is 0. The van der Waals surface area contributed by atoms with E-state index in [2.05, 4.69) is 15.6 Å². The summed E-state index contributed by atoms with van der Waals surface area (Å²) in [6.45, 7) is 6.83. The Kier molecular flexibility index (Phi) is 6.90. The lowest BCUT2D eigenvalue weighted by Gasteiger charge is -2.38. The number of aryl methyl sites for hydroxylation is 1. The standard InChI is InChI=1S/C26H26F4N4O2/c1-14-4-6-17(7-5-14)18-8-22(23(10-21(18)27)34-12-15(2)32-16(3)13-34)33-25(36)19-11-31-24(35)9-20(19)26(28,29)30/h4-11,15-16,32H,12-13H2,1-3H3,(H,31,35)(H,33,36)/t15-,16+. The Bertz CT molecular complexity index is 1330. The molecule has 1 aliphatic rings. The van der Waals surface area contributed by atoms with Gasteiger partial charge < -0.3 is 20.5 Å². The number of alkyl halides is 3. The van der Waals surface area contributed by atoms with Crippen LogP contribution in [0.2, 0.25) is 0 Å². The number of nitrogens with zero attached hydrogens (tertiary/aromatic N) is 1. The fourth-order valence-electron chi connectivity index (χ4n) is 4.49. The monoisotopic (exact) mass is 502 g/mol. The molecular formula is C26H26F4N4O2. The van der Waals surface area contributed by atoms with Gasteiger partial charge in [0, 0.05) is 43.0 Å². The molecule has 6 nitrogen and oxygen atoms in total. The molecule has 36 heavy (non-hydrogen) atoms.